The molecule has 1 saturated heterocycles. The van der Waals surface area contributed by atoms with E-state index in [0.29, 0.717) is 23.2 Å². The van der Waals surface area contributed by atoms with Gasteiger partial charge in [-0.1, -0.05) is 42.5 Å². The van der Waals surface area contributed by atoms with Gasteiger partial charge in [0.2, 0.25) is 5.78 Å². The van der Waals surface area contributed by atoms with Gasteiger partial charge in [-0.2, -0.15) is 0 Å². The topological polar surface area (TPSA) is 84.4 Å². The third-order valence-corrected chi connectivity index (χ3v) is 5.72. The SMILES string of the molecule is CC1(C)OC[C@@H](c2cccc(C(O)=C(C(=O)c3cccc(F)c3)c3nc4ccccc4[nH]3)c2)O1. The van der Waals surface area contributed by atoms with Gasteiger partial charge in [-0.25, -0.2) is 9.37 Å². The van der Waals surface area contributed by atoms with Crippen LogP contribution in [0.4, 0.5) is 4.39 Å². The van der Waals surface area contributed by atoms with Crippen LogP contribution in [0.5, 0.6) is 0 Å². The maximum absolute atomic E-state index is 13.9. The third kappa shape index (κ3) is 4.23. The van der Waals surface area contributed by atoms with E-state index in [-0.39, 0.29) is 28.8 Å². The van der Waals surface area contributed by atoms with Crippen LogP contribution < -0.4 is 0 Å². The average molecular weight is 458 g/mol. The number of carbonyl (C=O) groups is 1. The number of fused-ring (bicyclic) bond motifs is 1. The number of Topliss-reactive ketones (excluding diaryl/α,β-unsaturated/α-hetero) is 1. The number of aromatic nitrogens is 2. The fourth-order valence-corrected chi connectivity index (χ4v) is 4.05. The summed E-state index contributed by atoms with van der Waals surface area (Å²) in [6.45, 7) is 4.05. The van der Waals surface area contributed by atoms with Crippen molar-refractivity contribution in [3.63, 3.8) is 0 Å². The summed E-state index contributed by atoms with van der Waals surface area (Å²) in [5.74, 6) is -1.88. The Labute approximate surface area is 195 Å². The Balaban J connectivity index is 1.64. The van der Waals surface area contributed by atoms with Gasteiger partial charge >= 0.3 is 0 Å². The van der Waals surface area contributed by atoms with Crippen molar-refractivity contribution in [3.05, 3.63) is 101 Å². The molecule has 0 bridgehead atoms. The van der Waals surface area contributed by atoms with Crippen LogP contribution in [0.15, 0.2) is 72.8 Å². The third-order valence-electron chi connectivity index (χ3n) is 5.72. The molecule has 0 aliphatic carbocycles. The van der Waals surface area contributed by atoms with E-state index in [1.807, 2.05) is 38.1 Å². The Morgan fingerprint density at radius 2 is 1.82 bits per heavy atom. The van der Waals surface area contributed by atoms with Crippen molar-refractivity contribution >= 4 is 28.1 Å². The zero-order valence-corrected chi connectivity index (χ0v) is 18.7. The molecule has 1 fully saturated rings. The van der Waals surface area contributed by atoms with Crippen molar-refractivity contribution in [2.24, 2.45) is 0 Å². The number of hydrogen-bond acceptors (Lipinski definition) is 5. The van der Waals surface area contributed by atoms with E-state index in [1.54, 1.807) is 24.3 Å². The van der Waals surface area contributed by atoms with Crippen molar-refractivity contribution in [3.8, 4) is 0 Å². The predicted octanol–water partition coefficient (Wildman–Crippen LogP) is 5.84. The van der Waals surface area contributed by atoms with E-state index in [4.69, 9.17) is 9.47 Å². The minimum atomic E-state index is -0.703. The summed E-state index contributed by atoms with van der Waals surface area (Å²) < 4.78 is 25.5. The lowest BCUT2D eigenvalue weighted by molar-refractivity contribution is -0.139. The monoisotopic (exact) mass is 458 g/mol. The molecule has 2 heterocycles. The van der Waals surface area contributed by atoms with E-state index in [0.717, 1.165) is 11.6 Å². The number of imidazole rings is 1. The van der Waals surface area contributed by atoms with Gasteiger partial charge in [-0.3, -0.25) is 4.79 Å². The Bertz CT molecular complexity index is 1390. The smallest absolute Gasteiger partial charge is 0.200 e. The average Bonchev–Trinajstić information content (AvgIpc) is 3.41. The number of allylic oxidation sites excluding steroid dienone is 1. The first kappa shape index (κ1) is 22.0. The Morgan fingerprint density at radius 1 is 1.06 bits per heavy atom. The molecule has 0 radical (unpaired) electrons. The van der Waals surface area contributed by atoms with E-state index in [2.05, 4.69) is 9.97 Å². The number of halogens is 1. The van der Waals surface area contributed by atoms with Crippen molar-refractivity contribution in [2.75, 3.05) is 6.61 Å². The largest absolute Gasteiger partial charge is 0.506 e. The van der Waals surface area contributed by atoms with E-state index in [9.17, 15) is 14.3 Å². The number of aliphatic hydroxyl groups is 1. The zero-order valence-electron chi connectivity index (χ0n) is 18.7. The number of hydrogen-bond donors (Lipinski definition) is 2. The molecule has 1 aromatic heterocycles. The van der Waals surface area contributed by atoms with Crippen LogP contribution in [0.1, 0.15) is 47.3 Å². The molecule has 3 aromatic carbocycles. The molecule has 0 saturated carbocycles. The second kappa shape index (κ2) is 8.52. The number of nitrogens with zero attached hydrogens (tertiary/aromatic N) is 1. The van der Waals surface area contributed by atoms with Crippen molar-refractivity contribution in [1.82, 2.24) is 9.97 Å². The molecular weight excluding hydrogens is 435 g/mol. The first-order valence-corrected chi connectivity index (χ1v) is 10.9. The van der Waals surface area contributed by atoms with Crippen LogP contribution in [0.3, 0.4) is 0 Å². The maximum Gasteiger partial charge on any atom is 0.200 e. The molecule has 2 N–H and O–H groups in total. The van der Waals surface area contributed by atoms with Gasteiger partial charge in [0.15, 0.2) is 5.79 Å². The van der Waals surface area contributed by atoms with E-state index in [1.165, 1.54) is 18.2 Å². The first-order chi connectivity index (χ1) is 16.3. The summed E-state index contributed by atoms with van der Waals surface area (Å²) in [5, 5.41) is 11.4. The first-order valence-electron chi connectivity index (χ1n) is 10.9. The molecule has 0 amide bonds. The number of aromatic amines is 1. The van der Waals surface area contributed by atoms with Gasteiger partial charge in [0.1, 0.15) is 29.1 Å². The lowest BCUT2D eigenvalue weighted by Crippen LogP contribution is -2.19. The minimum absolute atomic E-state index is 0.0529. The maximum atomic E-state index is 13.9. The molecule has 1 atom stereocenters. The molecule has 4 aromatic rings. The lowest BCUT2D eigenvalue weighted by Gasteiger charge is -2.17. The predicted molar refractivity (Wildman–Crippen MR) is 127 cm³/mol. The highest BCUT2D eigenvalue weighted by molar-refractivity contribution is 6.33. The molecule has 1 aliphatic heterocycles. The van der Waals surface area contributed by atoms with E-state index >= 15 is 0 Å². The van der Waals surface area contributed by atoms with Gasteiger partial charge in [0.05, 0.1) is 17.6 Å². The van der Waals surface area contributed by atoms with Gasteiger partial charge in [-0.05, 0) is 49.7 Å². The minimum Gasteiger partial charge on any atom is -0.506 e. The standard InChI is InChI=1S/C27H23FN2O4/c1-27(2)33-15-22(34-27)16-7-5-8-17(13-16)24(31)23(25(32)18-9-6-10-19(28)14-18)26-29-20-11-3-4-12-21(20)30-26/h3-14,22,31H,15H2,1-2H3,(H,29,30)/t22-/m0/s1. The number of carbonyl (C=O) groups excluding carboxylic acids is 1. The number of para-hydroxylation sites is 2. The summed E-state index contributed by atoms with van der Waals surface area (Å²) in [7, 11) is 0. The molecule has 5 rings (SSSR count). The fraction of sp³-hybridized carbons (Fsp3) is 0.185. The fourth-order valence-electron chi connectivity index (χ4n) is 4.05. The lowest BCUT2D eigenvalue weighted by atomic mass is 9.97. The summed E-state index contributed by atoms with van der Waals surface area (Å²) in [6.07, 6.45) is -0.309. The van der Waals surface area contributed by atoms with Gasteiger partial charge in [0, 0.05) is 11.1 Å². The highest BCUT2D eigenvalue weighted by atomic mass is 19.1. The van der Waals surface area contributed by atoms with E-state index < -0.39 is 17.4 Å². The molecule has 172 valence electrons. The molecule has 0 unspecified atom stereocenters. The van der Waals surface area contributed by atoms with Gasteiger partial charge in [-0.15, -0.1) is 0 Å². The normalized spacial score (nSPS) is 18.1. The van der Waals surface area contributed by atoms with Crippen LogP contribution in [-0.4, -0.2) is 33.3 Å². The Morgan fingerprint density at radius 3 is 2.56 bits per heavy atom. The quantitative estimate of drug-likeness (QED) is 0.223. The van der Waals surface area contributed by atoms with Crippen LogP contribution in [0.2, 0.25) is 0 Å². The Hall–Kier alpha value is -3.81. The van der Waals surface area contributed by atoms with Crippen molar-refractivity contribution in [1.29, 1.82) is 0 Å². The molecule has 1 aliphatic rings. The molecular formula is C27H23FN2O4. The van der Waals surface area contributed by atoms with Gasteiger partial charge < -0.3 is 19.6 Å². The second-order valence-electron chi connectivity index (χ2n) is 8.61. The summed E-state index contributed by atoms with van der Waals surface area (Å²) in [4.78, 5) is 21.1. The molecule has 0 spiro atoms. The van der Waals surface area contributed by atoms with Crippen molar-refractivity contribution < 1.29 is 23.8 Å². The van der Waals surface area contributed by atoms with Crippen LogP contribution in [-0.2, 0) is 9.47 Å². The van der Waals surface area contributed by atoms with Crippen LogP contribution >= 0.6 is 0 Å². The number of nitrogens with one attached hydrogen (secondary N) is 1. The zero-order chi connectivity index (χ0) is 23.9. The van der Waals surface area contributed by atoms with Gasteiger partial charge in [0.25, 0.3) is 0 Å². The number of aliphatic hydroxyl groups excluding tert-OH is 1. The number of rotatable bonds is 5. The summed E-state index contributed by atoms with van der Waals surface area (Å²) in [5.41, 5.74) is 2.61. The molecule has 6 nitrogen and oxygen atoms in total. The van der Waals surface area contributed by atoms with Crippen LogP contribution in [0, 0.1) is 5.82 Å². The van der Waals surface area contributed by atoms with Crippen LogP contribution in [0.25, 0.3) is 22.4 Å². The summed E-state index contributed by atoms with van der Waals surface area (Å²) in [6, 6.07) is 19.8. The highest BCUT2D eigenvalue weighted by Crippen LogP contribution is 2.35. The number of ketones is 1. The second-order valence-corrected chi connectivity index (χ2v) is 8.61. The summed E-state index contributed by atoms with van der Waals surface area (Å²) >= 11 is 0. The van der Waals surface area contributed by atoms with Crippen molar-refractivity contribution in [2.45, 2.75) is 25.7 Å². The highest BCUT2D eigenvalue weighted by Gasteiger charge is 2.34. The molecule has 34 heavy (non-hydrogen) atoms. The number of ether oxygens (including phenoxy) is 2. The number of benzene rings is 3. The Kier molecular flexibility index (Phi) is 5.51. The molecule has 7 heteroatoms. The number of H-pyrrole nitrogens is 1.